The molecule has 0 radical (unpaired) electrons. The van der Waals surface area contributed by atoms with Crippen LogP contribution < -0.4 is 4.74 Å². The van der Waals surface area contributed by atoms with Crippen LogP contribution in [0.3, 0.4) is 0 Å². The lowest BCUT2D eigenvalue weighted by atomic mass is 9.91. The summed E-state index contributed by atoms with van der Waals surface area (Å²) in [6.45, 7) is 4.69. The van der Waals surface area contributed by atoms with Gasteiger partial charge in [0.25, 0.3) is 0 Å². The Bertz CT molecular complexity index is 365. The van der Waals surface area contributed by atoms with Crippen LogP contribution in [0.2, 0.25) is 0 Å². The van der Waals surface area contributed by atoms with E-state index in [1.165, 1.54) is 0 Å². The van der Waals surface area contributed by atoms with E-state index in [4.69, 9.17) is 4.74 Å². The summed E-state index contributed by atoms with van der Waals surface area (Å²) in [4.78, 5) is 0. The fourth-order valence-electron chi connectivity index (χ4n) is 2.52. The summed E-state index contributed by atoms with van der Waals surface area (Å²) < 4.78 is 5.52. The zero-order valence-corrected chi connectivity index (χ0v) is 10.1. The van der Waals surface area contributed by atoms with Gasteiger partial charge in [0.15, 0.2) is 0 Å². The number of aliphatic hydroxyl groups is 1. The Morgan fingerprint density at radius 3 is 2.56 bits per heavy atom. The summed E-state index contributed by atoms with van der Waals surface area (Å²) in [5, 5.41) is 10.5. The van der Waals surface area contributed by atoms with Crippen molar-refractivity contribution in [1.29, 1.82) is 0 Å². The average Bonchev–Trinajstić information content (AvgIpc) is 2.66. The maximum absolute atomic E-state index is 10.5. The van der Waals surface area contributed by atoms with E-state index in [1.807, 2.05) is 26.0 Å². The Balaban J connectivity index is 2.32. The van der Waals surface area contributed by atoms with Gasteiger partial charge in [-0.3, -0.25) is 0 Å². The van der Waals surface area contributed by atoms with Gasteiger partial charge in [0.1, 0.15) is 5.75 Å². The highest BCUT2D eigenvalue weighted by Crippen LogP contribution is 2.39. The van der Waals surface area contributed by atoms with Crippen LogP contribution in [0.25, 0.3) is 0 Å². The predicted octanol–water partition coefficient (Wildman–Crippen LogP) is 3.16. The molecule has 0 bridgehead atoms. The summed E-state index contributed by atoms with van der Waals surface area (Å²) in [6, 6.07) is 6.08. The smallest absolute Gasteiger partial charge is 0.119 e. The van der Waals surface area contributed by atoms with Crippen molar-refractivity contribution in [3.05, 3.63) is 29.3 Å². The van der Waals surface area contributed by atoms with Crippen molar-refractivity contribution in [3.8, 4) is 5.75 Å². The molecular formula is C14H20O2. The SMILES string of the molecule is CCOc1cc(C)cc(C2(O)CCCC2)c1. The van der Waals surface area contributed by atoms with Crippen molar-refractivity contribution in [2.75, 3.05) is 6.61 Å². The van der Waals surface area contributed by atoms with E-state index in [1.54, 1.807) is 0 Å². The third-order valence-corrected chi connectivity index (χ3v) is 3.33. The van der Waals surface area contributed by atoms with Gasteiger partial charge in [-0.15, -0.1) is 0 Å². The number of rotatable bonds is 3. The molecule has 2 rings (SSSR count). The summed E-state index contributed by atoms with van der Waals surface area (Å²) in [7, 11) is 0. The number of ether oxygens (including phenoxy) is 1. The van der Waals surface area contributed by atoms with Gasteiger partial charge < -0.3 is 9.84 Å². The first kappa shape index (κ1) is 11.5. The van der Waals surface area contributed by atoms with Gasteiger partial charge in [-0.2, -0.15) is 0 Å². The molecule has 1 fully saturated rings. The second-order valence-corrected chi connectivity index (χ2v) is 4.71. The van der Waals surface area contributed by atoms with Crippen LogP contribution in [-0.4, -0.2) is 11.7 Å². The minimum absolute atomic E-state index is 0.613. The first-order valence-electron chi connectivity index (χ1n) is 6.11. The predicted molar refractivity (Wildman–Crippen MR) is 64.7 cm³/mol. The zero-order valence-electron chi connectivity index (χ0n) is 10.1. The molecule has 16 heavy (non-hydrogen) atoms. The van der Waals surface area contributed by atoms with E-state index in [0.29, 0.717) is 6.61 Å². The highest BCUT2D eigenvalue weighted by molar-refractivity contribution is 5.37. The average molecular weight is 220 g/mol. The fraction of sp³-hybridized carbons (Fsp3) is 0.571. The molecule has 0 aromatic heterocycles. The van der Waals surface area contributed by atoms with Gasteiger partial charge in [-0.05, 0) is 49.9 Å². The molecule has 0 unspecified atom stereocenters. The first-order chi connectivity index (χ1) is 7.64. The molecular weight excluding hydrogens is 200 g/mol. The van der Waals surface area contributed by atoms with Gasteiger partial charge in [0.2, 0.25) is 0 Å². The molecule has 1 N–H and O–H groups in total. The highest BCUT2D eigenvalue weighted by atomic mass is 16.5. The monoisotopic (exact) mass is 220 g/mol. The maximum Gasteiger partial charge on any atom is 0.119 e. The molecule has 1 aliphatic carbocycles. The maximum atomic E-state index is 10.5. The van der Waals surface area contributed by atoms with E-state index in [0.717, 1.165) is 42.6 Å². The van der Waals surface area contributed by atoms with Crippen molar-refractivity contribution in [3.63, 3.8) is 0 Å². The van der Waals surface area contributed by atoms with Gasteiger partial charge in [-0.1, -0.05) is 18.9 Å². The standard InChI is InChI=1S/C14H20O2/c1-3-16-13-9-11(2)8-12(10-13)14(15)6-4-5-7-14/h8-10,15H,3-7H2,1-2H3. The molecule has 0 amide bonds. The van der Waals surface area contributed by atoms with Crippen LogP contribution >= 0.6 is 0 Å². The molecule has 0 spiro atoms. The molecule has 0 atom stereocenters. The Morgan fingerprint density at radius 2 is 1.94 bits per heavy atom. The minimum atomic E-state index is -0.613. The molecule has 2 heteroatoms. The third kappa shape index (κ3) is 2.22. The van der Waals surface area contributed by atoms with Crippen LogP contribution in [-0.2, 0) is 5.60 Å². The second kappa shape index (κ2) is 4.46. The lowest BCUT2D eigenvalue weighted by molar-refractivity contribution is 0.0441. The van der Waals surface area contributed by atoms with Crippen molar-refractivity contribution >= 4 is 0 Å². The zero-order chi connectivity index (χ0) is 11.6. The van der Waals surface area contributed by atoms with Crippen LogP contribution in [0.15, 0.2) is 18.2 Å². The Kier molecular flexibility index (Phi) is 3.20. The van der Waals surface area contributed by atoms with Crippen LogP contribution in [0, 0.1) is 6.92 Å². The quantitative estimate of drug-likeness (QED) is 0.848. The third-order valence-electron chi connectivity index (χ3n) is 3.33. The molecule has 1 aromatic carbocycles. The van der Waals surface area contributed by atoms with Crippen LogP contribution in [0.4, 0.5) is 0 Å². The molecule has 1 aromatic rings. The molecule has 88 valence electrons. The van der Waals surface area contributed by atoms with E-state index < -0.39 is 5.60 Å². The topological polar surface area (TPSA) is 29.5 Å². The number of hydrogen-bond acceptors (Lipinski definition) is 2. The lowest BCUT2D eigenvalue weighted by Crippen LogP contribution is -2.21. The van der Waals surface area contributed by atoms with Gasteiger partial charge in [0, 0.05) is 0 Å². The lowest BCUT2D eigenvalue weighted by Gasteiger charge is -2.23. The van der Waals surface area contributed by atoms with E-state index in [9.17, 15) is 5.11 Å². The molecule has 1 saturated carbocycles. The first-order valence-corrected chi connectivity index (χ1v) is 6.11. The number of benzene rings is 1. The van der Waals surface area contributed by atoms with Crippen molar-refractivity contribution < 1.29 is 9.84 Å². The van der Waals surface area contributed by atoms with Crippen molar-refractivity contribution in [1.82, 2.24) is 0 Å². The molecule has 0 aliphatic heterocycles. The fourth-order valence-corrected chi connectivity index (χ4v) is 2.52. The van der Waals surface area contributed by atoms with Crippen LogP contribution in [0.5, 0.6) is 5.75 Å². The Hall–Kier alpha value is -1.02. The molecule has 0 heterocycles. The summed E-state index contributed by atoms with van der Waals surface area (Å²) in [5.41, 5.74) is 1.56. The van der Waals surface area contributed by atoms with Gasteiger partial charge in [-0.25, -0.2) is 0 Å². The summed E-state index contributed by atoms with van der Waals surface area (Å²) in [6.07, 6.45) is 3.99. The second-order valence-electron chi connectivity index (χ2n) is 4.71. The normalized spacial score (nSPS) is 18.7. The highest BCUT2D eigenvalue weighted by Gasteiger charge is 2.33. The molecule has 1 aliphatic rings. The van der Waals surface area contributed by atoms with Crippen molar-refractivity contribution in [2.24, 2.45) is 0 Å². The largest absolute Gasteiger partial charge is 0.494 e. The summed E-state index contributed by atoms with van der Waals surface area (Å²) in [5.74, 6) is 0.873. The number of aryl methyl sites for hydroxylation is 1. The minimum Gasteiger partial charge on any atom is -0.494 e. The van der Waals surface area contributed by atoms with Crippen LogP contribution in [0.1, 0.15) is 43.7 Å². The van der Waals surface area contributed by atoms with Gasteiger partial charge >= 0.3 is 0 Å². The van der Waals surface area contributed by atoms with E-state index >= 15 is 0 Å². The Morgan fingerprint density at radius 1 is 1.25 bits per heavy atom. The summed E-state index contributed by atoms with van der Waals surface area (Å²) >= 11 is 0. The number of hydrogen-bond donors (Lipinski definition) is 1. The van der Waals surface area contributed by atoms with E-state index in [-0.39, 0.29) is 0 Å². The molecule has 2 nitrogen and oxygen atoms in total. The Labute approximate surface area is 97.3 Å². The van der Waals surface area contributed by atoms with E-state index in [2.05, 4.69) is 6.07 Å². The van der Waals surface area contributed by atoms with Crippen molar-refractivity contribution in [2.45, 2.75) is 45.1 Å². The van der Waals surface area contributed by atoms with Gasteiger partial charge in [0.05, 0.1) is 12.2 Å². The molecule has 0 saturated heterocycles.